The lowest BCUT2D eigenvalue weighted by Gasteiger charge is -2.29. The molecular formula is C12H19BrN2. The minimum atomic E-state index is 0.528. The van der Waals surface area contributed by atoms with Crippen molar-refractivity contribution in [2.24, 2.45) is 0 Å². The van der Waals surface area contributed by atoms with Gasteiger partial charge in [-0.2, -0.15) is 0 Å². The molecule has 84 valence electrons. The maximum atomic E-state index is 4.46. The fraction of sp³-hybridized carbons (Fsp3) is 0.583. The van der Waals surface area contributed by atoms with Gasteiger partial charge >= 0.3 is 0 Å². The molecule has 2 nitrogen and oxygen atoms in total. The number of halogens is 1. The number of anilines is 1. The smallest absolute Gasteiger partial charge is 0.143 e. The van der Waals surface area contributed by atoms with Crippen LogP contribution in [0.3, 0.4) is 0 Å². The van der Waals surface area contributed by atoms with Gasteiger partial charge in [0.1, 0.15) is 5.82 Å². The summed E-state index contributed by atoms with van der Waals surface area (Å²) in [6, 6.07) is 2.55. The van der Waals surface area contributed by atoms with Crippen molar-refractivity contribution in [3.63, 3.8) is 0 Å². The van der Waals surface area contributed by atoms with Crippen LogP contribution in [0.4, 0.5) is 5.82 Å². The summed E-state index contributed by atoms with van der Waals surface area (Å²) in [6.45, 7) is 9.70. The highest BCUT2D eigenvalue weighted by Gasteiger charge is 2.15. The van der Waals surface area contributed by atoms with E-state index in [2.05, 4.69) is 53.5 Å². The molecule has 1 aromatic rings. The molecule has 0 saturated carbocycles. The molecule has 1 unspecified atom stereocenters. The van der Waals surface area contributed by atoms with E-state index in [0.29, 0.717) is 6.04 Å². The van der Waals surface area contributed by atoms with Crippen molar-refractivity contribution in [1.29, 1.82) is 0 Å². The highest BCUT2D eigenvalue weighted by molar-refractivity contribution is 9.10. The first-order valence-corrected chi connectivity index (χ1v) is 6.28. The molecule has 0 spiro atoms. The average molecular weight is 271 g/mol. The van der Waals surface area contributed by atoms with Gasteiger partial charge in [-0.15, -0.1) is 0 Å². The zero-order valence-corrected chi connectivity index (χ0v) is 11.5. The average Bonchev–Trinajstić information content (AvgIpc) is 2.24. The number of aromatic nitrogens is 1. The molecule has 1 heterocycles. The Balaban J connectivity index is 3.07. The van der Waals surface area contributed by atoms with Crippen LogP contribution in [-0.4, -0.2) is 17.6 Å². The topological polar surface area (TPSA) is 16.1 Å². The van der Waals surface area contributed by atoms with Crippen molar-refractivity contribution < 1.29 is 0 Å². The van der Waals surface area contributed by atoms with Crippen LogP contribution < -0.4 is 4.90 Å². The van der Waals surface area contributed by atoms with Gasteiger partial charge in [-0.3, -0.25) is 0 Å². The fourth-order valence-electron chi connectivity index (χ4n) is 1.62. The van der Waals surface area contributed by atoms with Crippen LogP contribution in [0.5, 0.6) is 0 Å². The highest BCUT2D eigenvalue weighted by Crippen LogP contribution is 2.28. The zero-order chi connectivity index (χ0) is 11.4. The molecule has 0 radical (unpaired) electrons. The van der Waals surface area contributed by atoms with Gasteiger partial charge in [0.05, 0.1) is 4.47 Å². The molecule has 0 aromatic carbocycles. The summed E-state index contributed by atoms with van der Waals surface area (Å²) in [5.74, 6) is 1.06. The Bertz CT molecular complexity index is 325. The number of nitrogens with zero attached hydrogens (tertiary/aromatic N) is 2. The number of hydrogen-bond donors (Lipinski definition) is 0. The Morgan fingerprint density at radius 3 is 2.67 bits per heavy atom. The van der Waals surface area contributed by atoms with Gasteiger partial charge in [0, 0.05) is 18.8 Å². The summed E-state index contributed by atoms with van der Waals surface area (Å²) >= 11 is 3.61. The van der Waals surface area contributed by atoms with Gasteiger partial charge in [-0.1, -0.05) is 6.92 Å². The summed E-state index contributed by atoms with van der Waals surface area (Å²) in [7, 11) is 0. The Morgan fingerprint density at radius 1 is 1.47 bits per heavy atom. The summed E-state index contributed by atoms with van der Waals surface area (Å²) < 4.78 is 1.12. The third-order valence-electron chi connectivity index (χ3n) is 2.80. The second-order valence-electron chi connectivity index (χ2n) is 3.81. The first kappa shape index (κ1) is 12.5. The third kappa shape index (κ3) is 2.71. The first-order valence-electron chi connectivity index (χ1n) is 5.49. The lowest BCUT2D eigenvalue weighted by molar-refractivity contribution is 0.621. The van der Waals surface area contributed by atoms with E-state index in [1.165, 1.54) is 5.56 Å². The van der Waals surface area contributed by atoms with E-state index in [-0.39, 0.29) is 0 Å². The van der Waals surface area contributed by atoms with Gasteiger partial charge in [0.15, 0.2) is 0 Å². The van der Waals surface area contributed by atoms with Gasteiger partial charge in [-0.25, -0.2) is 4.98 Å². The second-order valence-corrected chi connectivity index (χ2v) is 4.60. The van der Waals surface area contributed by atoms with Gasteiger partial charge in [0.2, 0.25) is 0 Å². The number of hydrogen-bond acceptors (Lipinski definition) is 2. The molecule has 0 aliphatic heterocycles. The van der Waals surface area contributed by atoms with Crippen molar-refractivity contribution in [2.75, 3.05) is 11.4 Å². The maximum absolute atomic E-state index is 4.46. The summed E-state index contributed by atoms with van der Waals surface area (Å²) in [5.41, 5.74) is 1.24. The largest absolute Gasteiger partial charge is 0.353 e. The number of rotatable bonds is 4. The van der Waals surface area contributed by atoms with E-state index >= 15 is 0 Å². The van der Waals surface area contributed by atoms with Gasteiger partial charge in [-0.05, 0) is 54.8 Å². The quantitative estimate of drug-likeness (QED) is 0.828. The molecule has 0 N–H and O–H groups in total. The molecule has 0 fully saturated rings. The SMILES string of the molecule is CCC(C)N(CC)c1nccc(C)c1Br. The van der Waals surface area contributed by atoms with Gasteiger partial charge < -0.3 is 4.90 Å². The lowest BCUT2D eigenvalue weighted by atomic mass is 10.2. The molecule has 1 aromatic heterocycles. The van der Waals surface area contributed by atoms with Crippen LogP contribution in [0.2, 0.25) is 0 Å². The molecule has 15 heavy (non-hydrogen) atoms. The van der Waals surface area contributed by atoms with Crippen LogP contribution >= 0.6 is 15.9 Å². The third-order valence-corrected chi connectivity index (χ3v) is 3.78. The van der Waals surface area contributed by atoms with Crippen molar-refractivity contribution >= 4 is 21.7 Å². The second kappa shape index (κ2) is 5.50. The molecule has 0 saturated heterocycles. The van der Waals surface area contributed by atoms with E-state index in [1.54, 1.807) is 0 Å². The highest BCUT2D eigenvalue weighted by atomic mass is 79.9. The predicted octanol–water partition coefficient (Wildman–Crippen LogP) is 3.78. The predicted molar refractivity (Wildman–Crippen MR) is 69.4 cm³/mol. The number of pyridine rings is 1. The monoisotopic (exact) mass is 270 g/mol. The van der Waals surface area contributed by atoms with Crippen molar-refractivity contribution in [3.05, 3.63) is 22.3 Å². The minimum Gasteiger partial charge on any atom is -0.353 e. The van der Waals surface area contributed by atoms with Gasteiger partial charge in [0.25, 0.3) is 0 Å². The normalized spacial score (nSPS) is 12.6. The lowest BCUT2D eigenvalue weighted by Crippen LogP contribution is -2.33. The maximum Gasteiger partial charge on any atom is 0.143 e. The van der Waals surface area contributed by atoms with Crippen molar-refractivity contribution in [2.45, 2.75) is 40.2 Å². The Labute approximate surface area is 101 Å². The summed E-state index contributed by atoms with van der Waals surface area (Å²) in [6.07, 6.45) is 3.01. The van der Waals surface area contributed by atoms with Crippen LogP contribution in [0.25, 0.3) is 0 Å². The van der Waals surface area contributed by atoms with E-state index in [4.69, 9.17) is 0 Å². The molecule has 1 rings (SSSR count). The molecular weight excluding hydrogens is 252 g/mol. The van der Waals surface area contributed by atoms with Crippen LogP contribution in [0.15, 0.2) is 16.7 Å². The van der Waals surface area contributed by atoms with Crippen LogP contribution in [0.1, 0.15) is 32.8 Å². The van der Waals surface area contributed by atoms with Crippen LogP contribution in [0, 0.1) is 6.92 Å². The summed E-state index contributed by atoms with van der Waals surface area (Å²) in [4.78, 5) is 6.79. The standard InChI is InChI=1S/C12H19BrN2/c1-5-10(4)15(6-2)12-11(13)9(3)7-8-14-12/h7-8,10H,5-6H2,1-4H3. The first-order chi connectivity index (χ1) is 7.11. The van der Waals surface area contributed by atoms with Crippen molar-refractivity contribution in [3.8, 4) is 0 Å². The zero-order valence-electron chi connectivity index (χ0n) is 9.92. The van der Waals surface area contributed by atoms with Crippen molar-refractivity contribution in [1.82, 2.24) is 4.98 Å². The Kier molecular flexibility index (Phi) is 4.58. The Morgan fingerprint density at radius 2 is 2.13 bits per heavy atom. The van der Waals surface area contributed by atoms with E-state index in [1.807, 2.05) is 12.3 Å². The van der Waals surface area contributed by atoms with E-state index in [9.17, 15) is 0 Å². The number of aryl methyl sites for hydroxylation is 1. The Hall–Kier alpha value is -0.570. The van der Waals surface area contributed by atoms with E-state index < -0.39 is 0 Å². The fourth-order valence-corrected chi connectivity index (χ4v) is 2.08. The summed E-state index contributed by atoms with van der Waals surface area (Å²) in [5, 5.41) is 0. The molecule has 0 amide bonds. The molecule has 3 heteroatoms. The molecule has 1 atom stereocenters. The molecule has 0 aliphatic carbocycles. The molecule has 0 bridgehead atoms. The van der Waals surface area contributed by atoms with E-state index in [0.717, 1.165) is 23.3 Å². The van der Waals surface area contributed by atoms with Crippen LogP contribution in [-0.2, 0) is 0 Å². The minimum absolute atomic E-state index is 0.528. The molecule has 0 aliphatic rings.